The van der Waals surface area contributed by atoms with Crippen molar-refractivity contribution in [3.63, 3.8) is 0 Å². The highest BCUT2D eigenvalue weighted by Gasteiger charge is 2.20. The topological polar surface area (TPSA) is 84.0 Å². The third-order valence-corrected chi connectivity index (χ3v) is 5.74. The molecule has 0 saturated carbocycles. The minimum absolute atomic E-state index is 0.214. The fourth-order valence-corrected chi connectivity index (χ4v) is 4.10. The summed E-state index contributed by atoms with van der Waals surface area (Å²) in [6.45, 7) is 6.44. The van der Waals surface area contributed by atoms with Crippen molar-refractivity contribution in [3.8, 4) is 0 Å². The molecule has 2 N–H and O–H groups in total. The van der Waals surface area contributed by atoms with Crippen LogP contribution in [-0.4, -0.2) is 24.9 Å². The van der Waals surface area contributed by atoms with Crippen LogP contribution in [0.5, 0.6) is 0 Å². The van der Waals surface area contributed by atoms with E-state index in [1.165, 1.54) is 0 Å². The summed E-state index contributed by atoms with van der Waals surface area (Å²) in [5, 5.41) is 3.21. The Morgan fingerprint density at radius 2 is 1.63 bits per heavy atom. The molecule has 3 aromatic rings. The molecule has 0 unspecified atom stereocenters. The minimum atomic E-state index is -3.78. The summed E-state index contributed by atoms with van der Waals surface area (Å²) in [4.78, 5) is 9.31. The van der Waals surface area contributed by atoms with Crippen LogP contribution < -0.4 is 10.0 Å². The molecule has 3 rings (SSSR count). The number of anilines is 2. The molecule has 0 fully saturated rings. The molecular weight excluding hydrogens is 360 g/mol. The summed E-state index contributed by atoms with van der Waals surface area (Å²) in [5.74, 6) is 0.654. The minimum Gasteiger partial charge on any atom is -0.367 e. The lowest BCUT2D eigenvalue weighted by Gasteiger charge is -2.15. The molecule has 0 bridgehead atoms. The second-order valence-electron chi connectivity index (χ2n) is 6.56. The highest BCUT2D eigenvalue weighted by Crippen LogP contribution is 2.25. The van der Waals surface area contributed by atoms with Gasteiger partial charge in [-0.05, 0) is 49.6 Å². The Morgan fingerprint density at radius 1 is 0.963 bits per heavy atom. The first-order chi connectivity index (χ1) is 12.9. The van der Waals surface area contributed by atoms with E-state index in [0.29, 0.717) is 29.0 Å². The zero-order valence-electron chi connectivity index (χ0n) is 15.8. The maximum atomic E-state index is 13.0. The standard InChI is InChI=1S/C20H24N4O2S/c1-4-5-12-21-19-20(23-17-9-7-6-8-16(17)22-19)24-27(25,26)18-13-14(2)10-11-15(18)3/h6-11,13H,4-5,12H2,1-3H3,(H,21,22)(H,23,24). The van der Waals surface area contributed by atoms with Gasteiger partial charge in [-0.15, -0.1) is 0 Å². The largest absolute Gasteiger partial charge is 0.367 e. The quantitative estimate of drug-likeness (QED) is 0.595. The predicted octanol–water partition coefficient (Wildman–Crippen LogP) is 4.26. The number of hydrogen-bond donors (Lipinski definition) is 2. The van der Waals surface area contributed by atoms with Crippen molar-refractivity contribution < 1.29 is 8.42 Å². The molecule has 1 aromatic heterocycles. The molecule has 0 aliphatic rings. The molecule has 0 atom stereocenters. The summed E-state index contributed by atoms with van der Waals surface area (Å²) < 4.78 is 28.6. The van der Waals surface area contributed by atoms with E-state index in [1.54, 1.807) is 19.1 Å². The Balaban J connectivity index is 2.03. The first-order valence-corrected chi connectivity index (χ1v) is 10.5. The molecule has 0 aliphatic carbocycles. The van der Waals surface area contributed by atoms with Gasteiger partial charge in [0.2, 0.25) is 0 Å². The molecule has 27 heavy (non-hydrogen) atoms. The molecule has 142 valence electrons. The van der Waals surface area contributed by atoms with Crippen LogP contribution in [0.4, 0.5) is 11.6 Å². The van der Waals surface area contributed by atoms with Crippen LogP contribution in [0.3, 0.4) is 0 Å². The van der Waals surface area contributed by atoms with E-state index in [0.717, 1.165) is 18.4 Å². The zero-order valence-corrected chi connectivity index (χ0v) is 16.6. The summed E-state index contributed by atoms with van der Waals surface area (Å²) >= 11 is 0. The van der Waals surface area contributed by atoms with Crippen molar-refractivity contribution in [3.05, 3.63) is 53.6 Å². The average molecular weight is 385 g/mol. The number of sulfonamides is 1. The normalized spacial score (nSPS) is 11.5. The Morgan fingerprint density at radius 3 is 2.30 bits per heavy atom. The molecule has 0 spiro atoms. The third-order valence-electron chi connectivity index (χ3n) is 4.26. The van der Waals surface area contributed by atoms with Crippen molar-refractivity contribution in [1.82, 2.24) is 9.97 Å². The molecule has 0 radical (unpaired) electrons. The average Bonchev–Trinajstić information content (AvgIpc) is 2.64. The number of fused-ring (bicyclic) bond motifs is 1. The molecule has 6 nitrogen and oxygen atoms in total. The van der Waals surface area contributed by atoms with E-state index < -0.39 is 10.0 Å². The van der Waals surface area contributed by atoms with Gasteiger partial charge in [-0.25, -0.2) is 18.4 Å². The number of para-hydroxylation sites is 2. The van der Waals surface area contributed by atoms with Gasteiger partial charge < -0.3 is 5.32 Å². The van der Waals surface area contributed by atoms with Crippen LogP contribution in [0.1, 0.15) is 30.9 Å². The number of nitrogens with one attached hydrogen (secondary N) is 2. The van der Waals surface area contributed by atoms with Gasteiger partial charge in [-0.1, -0.05) is 37.6 Å². The number of benzene rings is 2. The number of nitrogens with zero attached hydrogens (tertiary/aromatic N) is 2. The molecule has 7 heteroatoms. The van der Waals surface area contributed by atoms with Gasteiger partial charge in [-0.3, -0.25) is 4.72 Å². The van der Waals surface area contributed by atoms with Crippen LogP contribution >= 0.6 is 0 Å². The smallest absolute Gasteiger partial charge is 0.263 e. The van der Waals surface area contributed by atoms with E-state index in [4.69, 9.17) is 0 Å². The van der Waals surface area contributed by atoms with Gasteiger partial charge in [-0.2, -0.15) is 0 Å². The van der Waals surface area contributed by atoms with Crippen molar-refractivity contribution in [1.29, 1.82) is 0 Å². The number of hydrogen-bond acceptors (Lipinski definition) is 5. The second-order valence-corrected chi connectivity index (χ2v) is 8.22. The summed E-state index contributed by atoms with van der Waals surface area (Å²) in [5.41, 5.74) is 2.91. The Labute approximate surface area is 160 Å². The van der Waals surface area contributed by atoms with Gasteiger partial charge in [0.15, 0.2) is 11.6 Å². The van der Waals surface area contributed by atoms with Crippen molar-refractivity contribution in [2.75, 3.05) is 16.6 Å². The Kier molecular flexibility index (Phi) is 5.60. The molecule has 2 aromatic carbocycles. The molecule has 0 amide bonds. The first kappa shape index (κ1) is 19.1. The van der Waals surface area contributed by atoms with Crippen molar-refractivity contribution in [2.45, 2.75) is 38.5 Å². The van der Waals surface area contributed by atoms with Gasteiger partial charge in [0, 0.05) is 6.54 Å². The maximum absolute atomic E-state index is 13.0. The lowest BCUT2D eigenvalue weighted by atomic mass is 10.2. The van der Waals surface area contributed by atoms with Gasteiger partial charge >= 0.3 is 0 Å². The van der Waals surface area contributed by atoms with E-state index >= 15 is 0 Å². The van der Waals surface area contributed by atoms with E-state index in [-0.39, 0.29) is 10.7 Å². The highest BCUT2D eigenvalue weighted by atomic mass is 32.2. The molecular formula is C20H24N4O2S. The molecule has 1 heterocycles. The Bertz CT molecular complexity index is 1060. The van der Waals surface area contributed by atoms with Crippen LogP contribution in [0.2, 0.25) is 0 Å². The second kappa shape index (κ2) is 7.92. The number of rotatable bonds is 7. The number of aryl methyl sites for hydroxylation is 2. The molecule has 0 saturated heterocycles. The summed E-state index contributed by atoms with van der Waals surface area (Å²) in [6, 6.07) is 12.8. The van der Waals surface area contributed by atoms with Crippen LogP contribution in [0, 0.1) is 13.8 Å². The first-order valence-electron chi connectivity index (χ1n) is 9.01. The van der Waals surface area contributed by atoms with Crippen LogP contribution in [-0.2, 0) is 10.0 Å². The monoisotopic (exact) mass is 384 g/mol. The zero-order chi connectivity index (χ0) is 19.4. The maximum Gasteiger partial charge on any atom is 0.263 e. The SMILES string of the molecule is CCCCNc1nc2ccccc2nc1NS(=O)(=O)c1cc(C)ccc1C. The fourth-order valence-electron chi connectivity index (χ4n) is 2.76. The van der Waals surface area contributed by atoms with Gasteiger partial charge in [0.05, 0.1) is 15.9 Å². The highest BCUT2D eigenvalue weighted by molar-refractivity contribution is 7.92. The van der Waals surface area contributed by atoms with Crippen molar-refractivity contribution >= 4 is 32.7 Å². The Hall–Kier alpha value is -2.67. The van der Waals surface area contributed by atoms with Crippen LogP contribution in [0.15, 0.2) is 47.4 Å². The van der Waals surface area contributed by atoms with E-state index in [9.17, 15) is 8.42 Å². The number of aromatic nitrogens is 2. The fraction of sp³-hybridized carbons (Fsp3) is 0.300. The van der Waals surface area contributed by atoms with Gasteiger partial charge in [0.25, 0.3) is 10.0 Å². The molecule has 0 aliphatic heterocycles. The van der Waals surface area contributed by atoms with Crippen LogP contribution in [0.25, 0.3) is 11.0 Å². The number of unbranched alkanes of at least 4 members (excludes halogenated alkanes) is 1. The lowest BCUT2D eigenvalue weighted by Crippen LogP contribution is -2.18. The summed E-state index contributed by atoms with van der Waals surface area (Å²) in [7, 11) is -3.78. The predicted molar refractivity (Wildman–Crippen MR) is 110 cm³/mol. The summed E-state index contributed by atoms with van der Waals surface area (Å²) in [6.07, 6.45) is 1.98. The van der Waals surface area contributed by atoms with Crippen molar-refractivity contribution in [2.24, 2.45) is 0 Å². The van der Waals surface area contributed by atoms with Gasteiger partial charge in [0.1, 0.15) is 0 Å². The lowest BCUT2D eigenvalue weighted by molar-refractivity contribution is 0.600. The van der Waals surface area contributed by atoms with E-state index in [1.807, 2.05) is 37.3 Å². The third kappa shape index (κ3) is 4.36. The van der Waals surface area contributed by atoms with E-state index in [2.05, 4.69) is 26.9 Å².